The molecular formula is C24H24ClNO6. The van der Waals surface area contributed by atoms with Crippen LogP contribution in [0.4, 0.5) is 0 Å². The number of nitrogens with zero attached hydrogens (tertiary/aromatic N) is 1. The zero-order valence-corrected chi connectivity index (χ0v) is 18.6. The predicted molar refractivity (Wildman–Crippen MR) is 119 cm³/mol. The lowest BCUT2D eigenvalue weighted by Crippen LogP contribution is -2.36. The van der Waals surface area contributed by atoms with Gasteiger partial charge in [-0.15, -0.1) is 0 Å². The van der Waals surface area contributed by atoms with Gasteiger partial charge in [0.25, 0.3) is 11.7 Å². The van der Waals surface area contributed by atoms with Gasteiger partial charge in [0.15, 0.2) is 11.5 Å². The lowest BCUT2D eigenvalue weighted by molar-refractivity contribution is -0.140. The summed E-state index contributed by atoms with van der Waals surface area (Å²) in [5, 5.41) is 11.6. The maximum Gasteiger partial charge on any atom is 0.295 e. The molecule has 1 N–H and O–H groups in total. The molecule has 2 aromatic rings. The highest BCUT2D eigenvalue weighted by atomic mass is 35.5. The second-order valence-corrected chi connectivity index (χ2v) is 8.14. The van der Waals surface area contributed by atoms with Gasteiger partial charge in [-0.2, -0.15) is 0 Å². The number of carbonyl (C=O) groups is 2. The number of hydrogen-bond donors (Lipinski definition) is 1. The van der Waals surface area contributed by atoms with Gasteiger partial charge in [0.1, 0.15) is 5.76 Å². The van der Waals surface area contributed by atoms with E-state index in [9.17, 15) is 14.7 Å². The van der Waals surface area contributed by atoms with Gasteiger partial charge in [0.05, 0.1) is 31.9 Å². The van der Waals surface area contributed by atoms with Crippen molar-refractivity contribution in [2.45, 2.75) is 25.0 Å². The van der Waals surface area contributed by atoms with Crippen molar-refractivity contribution in [3.05, 3.63) is 64.2 Å². The van der Waals surface area contributed by atoms with Gasteiger partial charge in [-0.1, -0.05) is 17.7 Å². The maximum absolute atomic E-state index is 13.1. The van der Waals surface area contributed by atoms with Crippen molar-refractivity contribution in [2.75, 3.05) is 27.4 Å². The molecule has 1 amide bonds. The molecule has 7 nitrogen and oxygen atoms in total. The van der Waals surface area contributed by atoms with Crippen LogP contribution in [0.3, 0.4) is 0 Å². The first kappa shape index (κ1) is 22.2. The normalized spacial score (nSPS) is 22.4. The molecule has 2 atom stereocenters. The average Bonchev–Trinajstić information content (AvgIpc) is 3.41. The molecule has 168 valence electrons. The molecule has 0 saturated carbocycles. The molecule has 0 unspecified atom stereocenters. The van der Waals surface area contributed by atoms with Crippen LogP contribution in [0.25, 0.3) is 5.76 Å². The maximum atomic E-state index is 13.1. The largest absolute Gasteiger partial charge is 0.507 e. The van der Waals surface area contributed by atoms with Crippen molar-refractivity contribution in [1.29, 1.82) is 0 Å². The van der Waals surface area contributed by atoms with Crippen LogP contribution < -0.4 is 9.47 Å². The minimum Gasteiger partial charge on any atom is -0.507 e. The molecule has 8 heteroatoms. The summed E-state index contributed by atoms with van der Waals surface area (Å²) >= 11 is 5.97. The zero-order valence-electron chi connectivity index (χ0n) is 17.8. The minimum absolute atomic E-state index is 0.0162. The Bertz CT molecular complexity index is 1060. The molecule has 2 fully saturated rings. The van der Waals surface area contributed by atoms with Crippen molar-refractivity contribution in [3.63, 3.8) is 0 Å². The van der Waals surface area contributed by atoms with Crippen LogP contribution in [0.1, 0.15) is 30.0 Å². The fourth-order valence-corrected chi connectivity index (χ4v) is 4.33. The molecule has 0 aliphatic carbocycles. The highest BCUT2D eigenvalue weighted by molar-refractivity contribution is 6.46. The Morgan fingerprint density at radius 1 is 1.12 bits per heavy atom. The second kappa shape index (κ2) is 9.22. The molecule has 2 aliphatic rings. The number of halogens is 1. The van der Waals surface area contributed by atoms with E-state index in [-0.39, 0.29) is 24.0 Å². The number of amides is 1. The van der Waals surface area contributed by atoms with E-state index in [1.807, 2.05) is 0 Å². The molecule has 2 aromatic carbocycles. The van der Waals surface area contributed by atoms with Gasteiger partial charge in [0.2, 0.25) is 0 Å². The number of ether oxygens (including phenoxy) is 3. The van der Waals surface area contributed by atoms with E-state index in [1.165, 1.54) is 19.1 Å². The fraction of sp³-hybridized carbons (Fsp3) is 0.333. The van der Waals surface area contributed by atoms with E-state index in [4.69, 9.17) is 25.8 Å². The predicted octanol–water partition coefficient (Wildman–Crippen LogP) is 3.96. The number of Topliss-reactive ketones (excluding diaryl/α,β-unsaturated/α-hetero) is 1. The van der Waals surface area contributed by atoms with Crippen LogP contribution in [0.5, 0.6) is 11.5 Å². The van der Waals surface area contributed by atoms with E-state index >= 15 is 0 Å². The molecule has 4 rings (SSSR count). The van der Waals surface area contributed by atoms with Crippen molar-refractivity contribution in [2.24, 2.45) is 0 Å². The highest BCUT2D eigenvalue weighted by Gasteiger charge is 2.47. The first-order valence-corrected chi connectivity index (χ1v) is 10.7. The number of hydrogen-bond acceptors (Lipinski definition) is 6. The first-order chi connectivity index (χ1) is 15.4. The van der Waals surface area contributed by atoms with Crippen molar-refractivity contribution in [3.8, 4) is 11.5 Å². The highest BCUT2D eigenvalue weighted by Crippen LogP contribution is 2.42. The second-order valence-electron chi connectivity index (χ2n) is 7.71. The van der Waals surface area contributed by atoms with Crippen LogP contribution in [0.15, 0.2) is 48.0 Å². The summed E-state index contributed by atoms with van der Waals surface area (Å²) < 4.78 is 16.5. The first-order valence-electron chi connectivity index (χ1n) is 10.3. The van der Waals surface area contributed by atoms with Gasteiger partial charge in [-0.05, 0) is 54.8 Å². The van der Waals surface area contributed by atoms with Gasteiger partial charge >= 0.3 is 0 Å². The third-order valence-corrected chi connectivity index (χ3v) is 6.06. The summed E-state index contributed by atoms with van der Waals surface area (Å²) in [6.07, 6.45) is 1.55. The number of aliphatic hydroxyl groups excluding tert-OH is 1. The van der Waals surface area contributed by atoms with Crippen molar-refractivity contribution >= 4 is 29.1 Å². The number of benzene rings is 2. The van der Waals surface area contributed by atoms with Crippen molar-refractivity contribution in [1.82, 2.24) is 4.90 Å². The lowest BCUT2D eigenvalue weighted by atomic mass is 9.95. The number of aliphatic hydroxyl groups is 1. The van der Waals surface area contributed by atoms with Crippen LogP contribution >= 0.6 is 11.6 Å². The Kier molecular flexibility index (Phi) is 6.39. The van der Waals surface area contributed by atoms with E-state index < -0.39 is 17.7 Å². The number of rotatable bonds is 6. The molecule has 0 bridgehead atoms. The number of ketones is 1. The van der Waals surface area contributed by atoms with Crippen LogP contribution in [-0.4, -0.2) is 55.2 Å². The van der Waals surface area contributed by atoms with Crippen LogP contribution in [-0.2, 0) is 14.3 Å². The van der Waals surface area contributed by atoms with Crippen molar-refractivity contribution < 1.29 is 28.9 Å². The van der Waals surface area contributed by atoms with Gasteiger partial charge < -0.3 is 24.2 Å². The minimum atomic E-state index is -0.797. The molecule has 2 aliphatic heterocycles. The summed E-state index contributed by atoms with van der Waals surface area (Å²) in [5.41, 5.74) is 1.04. The topological polar surface area (TPSA) is 85.3 Å². The van der Waals surface area contributed by atoms with Gasteiger partial charge in [0, 0.05) is 23.7 Å². The number of carbonyl (C=O) groups excluding carboxylic acids is 2. The smallest absolute Gasteiger partial charge is 0.295 e. The van der Waals surface area contributed by atoms with Crippen LogP contribution in [0.2, 0.25) is 5.02 Å². The monoisotopic (exact) mass is 457 g/mol. The third kappa shape index (κ3) is 4.06. The van der Waals surface area contributed by atoms with E-state index in [2.05, 4.69) is 0 Å². The van der Waals surface area contributed by atoms with Gasteiger partial charge in [-0.3, -0.25) is 9.59 Å². The van der Waals surface area contributed by atoms with E-state index in [0.29, 0.717) is 34.3 Å². The molecule has 0 aromatic heterocycles. The number of methoxy groups -OCH3 is 2. The molecule has 2 heterocycles. The van der Waals surface area contributed by atoms with E-state index in [1.54, 1.807) is 42.5 Å². The molecule has 2 saturated heterocycles. The lowest BCUT2D eigenvalue weighted by Gasteiger charge is -2.28. The summed E-state index contributed by atoms with van der Waals surface area (Å²) in [7, 11) is 3.04. The Morgan fingerprint density at radius 2 is 1.84 bits per heavy atom. The number of likely N-dealkylation sites (tertiary alicyclic amines) is 1. The molecule has 32 heavy (non-hydrogen) atoms. The Balaban J connectivity index is 1.85. The summed E-state index contributed by atoms with van der Waals surface area (Å²) in [4.78, 5) is 27.6. The molecule has 0 radical (unpaired) electrons. The molecule has 0 spiro atoms. The quantitative estimate of drug-likeness (QED) is 0.401. The third-order valence-electron chi connectivity index (χ3n) is 5.81. The summed E-state index contributed by atoms with van der Waals surface area (Å²) in [6, 6.07) is 10.8. The van der Waals surface area contributed by atoms with Gasteiger partial charge in [-0.25, -0.2) is 0 Å². The SMILES string of the molecule is COc1ccc([C@@H]2/C(=C(\O)c3ccc(Cl)cc3)C(=O)C(=O)N2C[C@H]2CCCO2)cc1OC. The average molecular weight is 458 g/mol. The summed E-state index contributed by atoms with van der Waals surface area (Å²) in [5.74, 6) is -0.690. The Labute approximate surface area is 191 Å². The summed E-state index contributed by atoms with van der Waals surface area (Å²) in [6.45, 7) is 0.876. The molecular weight excluding hydrogens is 434 g/mol. The fourth-order valence-electron chi connectivity index (χ4n) is 4.21. The van der Waals surface area contributed by atoms with E-state index in [0.717, 1.165) is 12.8 Å². The van der Waals surface area contributed by atoms with Crippen LogP contribution in [0, 0.1) is 0 Å². The Hall–Kier alpha value is -3.03. The standard InChI is InChI=1S/C24H24ClNO6/c1-30-18-10-7-15(12-19(18)31-2)21-20(22(27)14-5-8-16(25)9-6-14)23(28)24(29)26(21)13-17-4-3-11-32-17/h5-10,12,17,21,27H,3-4,11,13H2,1-2H3/b22-20+/t17-,21-/m1/s1. The Morgan fingerprint density at radius 3 is 2.47 bits per heavy atom. The zero-order chi connectivity index (χ0) is 22.8.